The van der Waals surface area contributed by atoms with Crippen LogP contribution in [0.1, 0.15) is 75.6 Å². The number of nitrogens with one attached hydrogen (secondary N) is 4. The molecule has 2 aliphatic carbocycles. The van der Waals surface area contributed by atoms with Gasteiger partial charge >= 0.3 is 11.9 Å². The van der Waals surface area contributed by atoms with Gasteiger partial charge in [-0.25, -0.2) is 18.6 Å². The highest BCUT2D eigenvalue weighted by atomic mass is 35.5. The third kappa shape index (κ3) is 7.94. The van der Waals surface area contributed by atoms with Crippen molar-refractivity contribution in [1.29, 1.82) is 0 Å². The van der Waals surface area contributed by atoms with E-state index in [0.29, 0.717) is 86.1 Å². The number of esters is 2. The first-order valence-corrected chi connectivity index (χ1v) is 20.6. The van der Waals surface area contributed by atoms with E-state index < -0.39 is 12.1 Å². The molecule has 18 nitrogen and oxygen atoms in total. The summed E-state index contributed by atoms with van der Waals surface area (Å²) in [6, 6.07) is 10.7. The molecule has 4 N–H and O–H groups in total. The third-order valence-corrected chi connectivity index (χ3v) is 11.2. The van der Waals surface area contributed by atoms with Gasteiger partial charge in [-0.05, 0) is 76.6 Å². The minimum atomic E-state index is -0.495. The highest BCUT2D eigenvalue weighted by Gasteiger charge is 2.40. The summed E-state index contributed by atoms with van der Waals surface area (Å²) in [6.07, 6.45) is 9.50. The number of anilines is 6. The normalized spacial score (nSPS) is 21.7. The Balaban J connectivity index is 0.000000150. The molecule has 0 amide bonds. The second kappa shape index (κ2) is 16.0. The smallest absolute Gasteiger partial charge is 0.328 e. The molecule has 0 unspecified atom stereocenters. The lowest BCUT2D eigenvalue weighted by atomic mass is 10.2. The van der Waals surface area contributed by atoms with Crippen molar-refractivity contribution in [3.63, 3.8) is 0 Å². The van der Waals surface area contributed by atoms with E-state index in [2.05, 4.69) is 41.2 Å². The van der Waals surface area contributed by atoms with Gasteiger partial charge < -0.3 is 29.9 Å². The zero-order chi connectivity index (χ0) is 39.9. The lowest BCUT2D eigenvalue weighted by molar-refractivity contribution is -0.145. The van der Waals surface area contributed by atoms with Crippen LogP contribution in [-0.4, -0.2) is 111 Å². The maximum absolute atomic E-state index is 12.4. The Morgan fingerprint density at radius 2 is 1.16 bits per heavy atom. The van der Waals surface area contributed by atoms with E-state index in [0.717, 1.165) is 22.4 Å². The zero-order valence-electron chi connectivity index (χ0n) is 32.0. The molecule has 2 saturated heterocycles. The van der Waals surface area contributed by atoms with Crippen LogP contribution >= 0.6 is 23.2 Å². The fourth-order valence-corrected chi connectivity index (χ4v) is 8.09. The average Bonchev–Trinajstić information content (AvgIpc) is 3.73. The van der Waals surface area contributed by atoms with E-state index in [1.165, 1.54) is 25.7 Å². The van der Waals surface area contributed by atoms with E-state index in [4.69, 9.17) is 42.6 Å². The predicted molar refractivity (Wildman–Crippen MR) is 218 cm³/mol. The van der Waals surface area contributed by atoms with Crippen LogP contribution in [0.15, 0.2) is 48.8 Å². The van der Waals surface area contributed by atoms with Gasteiger partial charge in [-0.15, -0.1) is 33.4 Å². The lowest BCUT2D eigenvalue weighted by Crippen LogP contribution is -2.38. The Morgan fingerprint density at radius 3 is 1.55 bits per heavy atom. The number of nitrogens with zero attached hydrogens (tertiary/aromatic N) is 10. The number of alkyl halides is 2. The van der Waals surface area contributed by atoms with Crippen molar-refractivity contribution in [1.82, 2.24) is 49.6 Å². The van der Waals surface area contributed by atoms with Gasteiger partial charge in [0.05, 0.1) is 24.0 Å². The minimum Gasteiger partial charge on any atom is -0.464 e. The van der Waals surface area contributed by atoms with Crippen LogP contribution in [0.25, 0.3) is 11.0 Å². The van der Waals surface area contributed by atoms with Crippen LogP contribution in [0.5, 0.6) is 0 Å². The Hall–Kier alpha value is -5.62. The summed E-state index contributed by atoms with van der Waals surface area (Å²) in [7, 11) is 0. The third-order valence-electron chi connectivity index (χ3n) is 10.6. The number of halogens is 2. The highest BCUT2D eigenvalue weighted by Crippen LogP contribution is 2.41. The molecule has 6 aromatic rings. The minimum absolute atomic E-state index is 0.169. The van der Waals surface area contributed by atoms with Crippen LogP contribution in [-0.2, 0) is 19.1 Å². The number of ether oxygens (including phenoxy) is 2. The number of hydrogen-bond donors (Lipinski definition) is 4. The van der Waals surface area contributed by atoms with Crippen LogP contribution in [0.3, 0.4) is 0 Å². The summed E-state index contributed by atoms with van der Waals surface area (Å²) in [5.41, 5.74) is 3.92. The molecule has 6 aromatic heterocycles. The standard InChI is InChI=1S/2C19H22ClN7O2/c2*1-2-29-18(28)15-8-12(20)10-26(15)19-22-17(14-4-3-7-27(14)25-19)21-16-9-13(23-24-16)11-5-6-11/h2*3-4,7,9,11-12,15H,2,5-6,8,10H2,1H3,(H2,21,22,23,24,25)/t12-,15+;12-,15-/m10/s1. The van der Waals surface area contributed by atoms with E-state index in [9.17, 15) is 9.59 Å². The Labute approximate surface area is 343 Å². The van der Waals surface area contributed by atoms with E-state index in [1.807, 2.05) is 58.6 Å². The number of aromatic nitrogens is 10. The molecule has 2 aliphatic heterocycles. The van der Waals surface area contributed by atoms with Gasteiger partial charge in [-0.1, -0.05) is 0 Å². The molecule has 0 aromatic carbocycles. The largest absolute Gasteiger partial charge is 0.464 e. The summed E-state index contributed by atoms with van der Waals surface area (Å²) in [4.78, 5) is 37.9. The number of carbonyl (C=O) groups is 2. The summed E-state index contributed by atoms with van der Waals surface area (Å²) in [5, 5.41) is 30.3. The van der Waals surface area contributed by atoms with Crippen LogP contribution < -0.4 is 20.4 Å². The maximum Gasteiger partial charge on any atom is 0.328 e. The second-order valence-corrected chi connectivity index (χ2v) is 16.2. The molecule has 4 atom stereocenters. The first kappa shape index (κ1) is 37.9. The SMILES string of the molecule is CCOC(=O)[C@@H]1C[C@@H](Cl)CN1c1nc(Nc2cc(C3CC3)[nH]n2)c2cccn2n1.CCOC(=O)[C@@H]1C[C@H](Cl)CN1c1nc(Nc2cc(C3CC3)[nH]n2)c2cccn2n1. The molecule has 304 valence electrons. The molecular formula is C38H44Cl2N14O4. The van der Waals surface area contributed by atoms with Crippen LogP contribution in [0.2, 0.25) is 0 Å². The zero-order valence-corrected chi connectivity index (χ0v) is 33.5. The van der Waals surface area contributed by atoms with Gasteiger partial charge in [-0.3, -0.25) is 10.2 Å². The lowest BCUT2D eigenvalue weighted by Gasteiger charge is -2.23. The molecule has 8 heterocycles. The predicted octanol–water partition coefficient (Wildman–Crippen LogP) is 5.65. The summed E-state index contributed by atoms with van der Waals surface area (Å²) in [5.74, 6) is 4.07. The number of fused-ring (bicyclic) bond motifs is 2. The average molecular weight is 832 g/mol. The van der Waals surface area contributed by atoms with Crippen molar-refractivity contribution in [2.24, 2.45) is 0 Å². The van der Waals surface area contributed by atoms with E-state index >= 15 is 0 Å². The van der Waals surface area contributed by atoms with Gasteiger partial charge in [0.25, 0.3) is 0 Å². The number of aromatic amines is 2. The molecule has 58 heavy (non-hydrogen) atoms. The van der Waals surface area contributed by atoms with Crippen molar-refractivity contribution in [3.8, 4) is 0 Å². The number of carbonyl (C=O) groups excluding carboxylic acids is 2. The molecule has 10 rings (SSSR count). The van der Waals surface area contributed by atoms with Crippen molar-refractivity contribution in [3.05, 3.63) is 60.2 Å². The van der Waals surface area contributed by atoms with Gasteiger partial charge in [0.2, 0.25) is 11.9 Å². The fourth-order valence-electron chi connectivity index (χ4n) is 7.46. The molecule has 2 saturated carbocycles. The van der Waals surface area contributed by atoms with Crippen molar-refractivity contribution >= 4 is 81.3 Å². The van der Waals surface area contributed by atoms with Gasteiger partial charge in [0.1, 0.15) is 23.1 Å². The second-order valence-electron chi connectivity index (χ2n) is 14.9. The number of H-pyrrole nitrogens is 2. The topological polar surface area (TPSA) is 201 Å². The maximum atomic E-state index is 12.4. The number of rotatable bonds is 12. The van der Waals surface area contributed by atoms with Crippen molar-refractivity contribution < 1.29 is 19.1 Å². The first-order chi connectivity index (χ1) is 28.2. The Kier molecular flexibility index (Phi) is 10.4. The highest BCUT2D eigenvalue weighted by molar-refractivity contribution is 6.22. The Bertz CT molecular complexity index is 2250. The molecule has 4 aliphatic rings. The molecule has 0 bridgehead atoms. The number of hydrogen-bond acceptors (Lipinski definition) is 14. The van der Waals surface area contributed by atoms with E-state index in [1.54, 1.807) is 22.9 Å². The summed E-state index contributed by atoms with van der Waals surface area (Å²) in [6.45, 7) is 5.18. The fraction of sp³-hybridized carbons (Fsp3) is 0.474. The van der Waals surface area contributed by atoms with Crippen LogP contribution in [0, 0.1) is 0 Å². The van der Waals surface area contributed by atoms with Gasteiger partial charge in [-0.2, -0.15) is 20.2 Å². The van der Waals surface area contributed by atoms with Crippen molar-refractivity contribution in [2.75, 3.05) is 46.7 Å². The Morgan fingerprint density at radius 1 is 0.724 bits per heavy atom. The van der Waals surface area contributed by atoms with E-state index in [-0.39, 0.29) is 22.7 Å². The molecule has 20 heteroatoms. The first-order valence-electron chi connectivity index (χ1n) is 19.7. The molecule has 4 fully saturated rings. The van der Waals surface area contributed by atoms with Gasteiger partial charge in [0, 0.05) is 60.8 Å². The van der Waals surface area contributed by atoms with Gasteiger partial charge in [0.15, 0.2) is 23.3 Å². The summed E-state index contributed by atoms with van der Waals surface area (Å²) < 4.78 is 13.9. The summed E-state index contributed by atoms with van der Waals surface area (Å²) >= 11 is 12.7. The van der Waals surface area contributed by atoms with Crippen molar-refractivity contribution in [2.45, 2.75) is 87.0 Å². The van der Waals surface area contributed by atoms with Crippen LogP contribution in [0.4, 0.5) is 35.2 Å². The molecular weight excluding hydrogens is 787 g/mol. The molecule has 0 spiro atoms. The quantitative estimate of drug-likeness (QED) is 0.0872. The molecule has 0 radical (unpaired) electrons. The monoisotopic (exact) mass is 830 g/mol.